The average Bonchev–Trinajstić information content (AvgIpc) is 3.06. The second-order valence-electron chi connectivity index (χ2n) is 5.85. The van der Waals surface area contributed by atoms with Crippen LogP contribution in [0.4, 0.5) is 5.69 Å². The van der Waals surface area contributed by atoms with E-state index >= 15 is 0 Å². The maximum atomic E-state index is 12.5. The highest BCUT2D eigenvalue weighted by atomic mass is 32.2. The third kappa shape index (κ3) is 3.94. The van der Waals surface area contributed by atoms with E-state index in [4.69, 9.17) is 0 Å². The number of amides is 1. The Labute approximate surface area is 157 Å². The summed E-state index contributed by atoms with van der Waals surface area (Å²) in [5.74, 6) is 0.726. The highest BCUT2D eigenvalue weighted by Crippen LogP contribution is 2.27. The van der Waals surface area contributed by atoms with E-state index in [2.05, 4.69) is 20.5 Å². The molecule has 0 aliphatic carbocycles. The van der Waals surface area contributed by atoms with Crippen molar-refractivity contribution in [2.75, 3.05) is 5.32 Å². The molecule has 134 valence electrons. The quantitative estimate of drug-likeness (QED) is 0.671. The number of para-hydroxylation sites is 1. The Bertz CT molecular complexity index is 894. The van der Waals surface area contributed by atoms with Crippen molar-refractivity contribution < 1.29 is 4.79 Å². The third-order valence-corrected chi connectivity index (χ3v) is 5.11. The number of anilines is 1. The highest BCUT2D eigenvalue weighted by molar-refractivity contribution is 8.00. The summed E-state index contributed by atoms with van der Waals surface area (Å²) in [6.07, 6.45) is 3.46. The molecule has 0 aliphatic rings. The molecule has 0 bridgehead atoms. The summed E-state index contributed by atoms with van der Waals surface area (Å²) >= 11 is 1.41. The number of pyridine rings is 1. The minimum Gasteiger partial charge on any atom is -0.325 e. The molecule has 3 rings (SSSR count). The van der Waals surface area contributed by atoms with Gasteiger partial charge in [-0.3, -0.25) is 9.78 Å². The van der Waals surface area contributed by atoms with Crippen LogP contribution in [0.25, 0.3) is 11.4 Å². The molecule has 1 amide bonds. The van der Waals surface area contributed by atoms with Crippen LogP contribution in [0, 0.1) is 6.92 Å². The Morgan fingerprint density at radius 2 is 1.92 bits per heavy atom. The van der Waals surface area contributed by atoms with E-state index < -0.39 is 0 Å². The van der Waals surface area contributed by atoms with E-state index in [1.165, 1.54) is 11.8 Å². The summed E-state index contributed by atoms with van der Waals surface area (Å²) in [7, 11) is 0. The van der Waals surface area contributed by atoms with Gasteiger partial charge in [0.15, 0.2) is 11.0 Å². The number of nitrogens with zero attached hydrogens (tertiary/aromatic N) is 4. The lowest BCUT2D eigenvalue weighted by atomic mass is 10.2. The van der Waals surface area contributed by atoms with Gasteiger partial charge in [0.1, 0.15) is 0 Å². The molecule has 0 saturated carbocycles. The maximum Gasteiger partial charge on any atom is 0.237 e. The second kappa shape index (κ2) is 8.14. The minimum atomic E-state index is -0.297. The zero-order chi connectivity index (χ0) is 18.5. The van der Waals surface area contributed by atoms with E-state index in [9.17, 15) is 4.79 Å². The molecule has 7 heteroatoms. The van der Waals surface area contributed by atoms with Gasteiger partial charge in [0.25, 0.3) is 0 Å². The van der Waals surface area contributed by atoms with Gasteiger partial charge >= 0.3 is 0 Å². The molecule has 3 aromatic rings. The summed E-state index contributed by atoms with van der Waals surface area (Å²) in [6.45, 7) is 6.61. The largest absolute Gasteiger partial charge is 0.325 e. The molecule has 1 aromatic carbocycles. The Morgan fingerprint density at radius 1 is 1.19 bits per heavy atom. The maximum absolute atomic E-state index is 12.5. The first-order chi connectivity index (χ1) is 12.6. The molecule has 0 saturated heterocycles. The molecule has 6 nitrogen and oxygen atoms in total. The number of aryl methyl sites for hydroxylation is 1. The summed E-state index contributed by atoms with van der Waals surface area (Å²) in [5, 5.41) is 12.0. The van der Waals surface area contributed by atoms with Crippen LogP contribution >= 0.6 is 11.8 Å². The summed E-state index contributed by atoms with van der Waals surface area (Å²) in [4.78, 5) is 16.6. The fourth-order valence-electron chi connectivity index (χ4n) is 2.53. The van der Waals surface area contributed by atoms with Gasteiger partial charge in [-0.15, -0.1) is 10.2 Å². The zero-order valence-corrected chi connectivity index (χ0v) is 15.8. The van der Waals surface area contributed by atoms with Crippen molar-refractivity contribution in [1.82, 2.24) is 19.7 Å². The molecule has 26 heavy (non-hydrogen) atoms. The van der Waals surface area contributed by atoms with Gasteiger partial charge in [-0.1, -0.05) is 30.0 Å². The number of hydrogen-bond acceptors (Lipinski definition) is 5. The van der Waals surface area contributed by atoms with Crippen molar-refractivity contribution in [3.8, 4) is 11.4 Å². The third-order valence-electron chi connectivity index (χ3n) is 4.03. The molecule has 0 aliphatic heterocycles. The lowest BCUT2D eigenvalue weighted by molar-refractivity contribution is -0.115. The van der Waals surface area contributed by atoms with E-state index in [1.807, 2.05) is 61.7 Å². The number of hydrogen-bond donors (Lipinski definition) is 1. The standard InChI is InChI=1S/C19H21N5OS/c1-4-24-17(15-9-11-20-12-10-15)22-23-19(24)26-14(3)18(25)21-16-8-6-5-7-13(16)2/h5-12,14H,4H2,1-3H3,(H,21,25)/t14-/m0/s1. The monoisotopic (exact) mass is 367 g/mol. The number of aromatic nitrogens is 4. The number of carbonyl (C=O) groups is 1. The van der Waals surface area contributed by atoms with Crippen LogP contribution in [-0.4, -0.2) is 30.9 Å². The summed E-state index contributed by atoms with van der Waals surface area (Å²) in [5.41, 5.74) is 2.83. The Balaban J connectivity index is 1.75. The number of benzene rings is 1. The predicted octanol–water partition coefficient (Wildman–Crippen LogP) is 3.79. The molecule has 0 fully saturated rings. The van der Waals surface area contributed by atoms with Gasteiger partial charge in [-0.25, -0.2) is 0 Å². The zero-order valence-electron chi connectivity index (χ0n) is 15.0. The molecule has 2 heterocycles. The van der Waals surface area contributed by atoms with Crippen molar-refractivity contribution in [2.45, 2.75) is 37.7 Å². The molecular formula is C19H21N5OS. The van der Waals surface area contributed by atoms with Gasteiger partial charge in [0, 0.05) is 30.2 Å². The number of nitrogens with one attached hydrogen (secondary N) is 1. The second-order valence-corrected chi connectivity index (χ2v) is 7.16. The lowest BCUT2D eigenvalue weighted by Crippen LogP contribution is -2.23. The Hall–Kier alpha value is -2.67. The van der Waals surface area contributed by atoms with Crippen molar-refractivity contribution in [2.24, 2.45) is 0 Å². The Morgan fingerprint density at radius 3 is 2.62 bits per heavy atom. The smallest absolute Gasteiger partial charge is 0.237 e. The first-order valence-corrected chi connectivity index (χ1v) is 9.35. The van der Waals surface area contributed by atoms with Gasteiger partial charge in [-0.05, 0) is 44.5 Å². The van der Waals surface area contributed by atoms with Crippen LogP contribution in [-0.2, 0) is 11.3 Å². The van der Waals surface area contributed by atoms with Crippen LogP contribution in [0.3, 0.4) is 0 Å². The van der Waals surface area contributed by atoms with Crippen LogP contribution in [0.5, 0.6) is 0 Å². The van der Waals surface area contributed by atoms with Crippen LogP contribution in [0.15, 0.2) is 53.9 Å². The van der Waals surface area contributed by atoms with E-state index in [0.29, 0.717) is 0 Å². The lowest BCUT2D eigenvalue weighted by Gasteiger charge is -2.14. The average molecular weight is 367 g/mol. The van der Waals surface area contributed by atoms with E-state index in [1.54, 1.807) is 12.4 Å². The molecule has 1 atom stereocenters. The number of thioether (sulfide) groups is 1. The normalized spacial score (nSPS) is 12.0. The highest BCUT2D eigenvalue weighted by Gasteiger charge is 2.20. The topological polar surface area (TPSA) is 72.7 Å². The molecule has 2 aromatic heterocycles. The minimum absolute atomic E-state index is 0.0552. The fourth-order valence-corrected chi connectivity index (χ4v) is 3.45. The van der Waals surface area contributed by atoms with Gasteiger partial charge in [0.2, 0.25) is 5.91 Å². The van der Waals surface area contributed by atoms with Gasteiger partial charge in [0.05, 0.1) is 5.25 Å². The van der Waals surface area contributed by atoms with Gasteiger partial charge < -0.3 is 9.88 Å². The first-order valence-electron chi connectivity index (χ1n) is 8.47. The van der Waals surface area contributed by atoms with Crippen molar-refractivity contribution in [1.29, 1.82) is 0 Å². The van der Waals surface area contributed by atoms with Crippen molar-refractivity contribution in [3.63, 3.8) is 0 Å². The Kier molecular flexibility index (Phi) is 5.68. The summed E-state index contributed by atoms with van der Waals surface area (Å²) < 4.78 is 2.01. The van der Waals surface area contributed by atoms with Gasteiger partial charge in [-0.2, -0.15) is 0 Å². The molecular weight excluding hydrogens is 346 g/mol. The molecule has 1 N–H and O–H groups in total. The van der Waals surface area contributed by atoms with E-state index in [-0.39, 0.29) is 11.2 Å². The van der Waals surface area contributed by atoms with Crippen LogP contribution < -0.4 is 5.32 Å². The SMILES string of the molecule is CCn1c(S[C@@H](C)C(=O)Nc2ccccc2C)nnc1-c1ccncc1. The molecule has 0 spiro atoms. The predicted molar refractivity (Wildman–Crippen MR) is 104 cm³/mol. The first kappa shape index (κ1) is 18.1. The molecule has 0 unspecified atom stereocenters. The van der Waals surface area contributed by atoms with Crippen molar-refractivity contribution in [3.05, 3.63) is 54.4 Å². The number of rotatable bonds is 6. The summed E-state index contributed by atoms with van der Waals surface area (Å²) in [6, 6.07) is 11.5. The van der Waals surface area contributed by atoms with Crippen molar-refractivity contribution >= 4 is 23.4 Å². The molecule has 0 radical (unpaired) electrons. The fraction of sp³-hybridized carbons (Fsp3) is 0.263. The number of carbonyl (C=O) groups excluding carboxylic acids is 1. The van der Waals surface area contributed by atoms with E-state index in [0.717, 1.165) is 34.3 Å². The van der Waals surface area contributed by atoms with Crippen LogP contribution in [0.2, 0.25) is 0 Å². The van der Waals surface area contributed by atoms with Crippen LogP contribution in [0.1, 0.15) is 19.4 Å².